The van der Waals surface area contributed by atoms with Crippen molar-refractivity contribution in [3.8, 4) is 0 Å². The summed E-state index contributed by atoms with van der Waals surface area (Å²) in [7, 11) is 0. The highest BCUT2D eigenvalue weighted by molar-refractivity contribution is 5.94. The maximum absolute atomic E-state index is 13.3. The number of hydrogen-bond donors (Lipinski definition) is 3. The van der Waals surface area contributed by atoms with Gasteiger partial charge in [-0.05, 0) is 24.5 Å². The summed E-state index contributed by atoms with van der Waals surface area (Å²) in [6.45, 7) is 2.49. The molecule has 4 nitrogen and oxygen atoms in total. The summed E-state index contributed by atoms with van der Waals surface area (Å²) in [5, 5.41) is 20.5. The van der Waals surface area contributed by atoms with E-state index in [-0.39, 0.29) is 23.8 Å². The Morgan fingerprint density at radius 1 is 1.53 bits per heavy atom. The molecule has 0 aliphatic carbocycles. The Morgan fingerprint density at radius 3 is 2.82 bits per heavy atom. The van der Waals surface area contributed by atoms with Gasteiger partial charge in [-0.15, -0.1) is 0 Å². The van der Waals surface area contributed by atoms with Crippen molar-refractivity contribution in [3.05, 3.63) is 29.6 Å². The van der Waals surface area contributed by atoms with Crippen LogP contribution in [0.4, 0.5) is 10.1 Å². The van der Waals surface area contributed by atoms with Crippen LogP contribution in [0.25, 0.3) is 0 Å². The van der Waals surface area contributed by atoms with E-state index in [0.717, 1.165) is 6.07 Å². The average molecular weight is 241 g/mol. The molecule has 0 saturated carbocycles. The standard InChI is InChI=1S/C12H16FNO3/c1-8(5-6-15)7-14-10-4-2-3-9(13)11(10)12(16)17/h2-4,8,14-15H,5-7H2,1H3,(H,16,17). The van der Waals surface area contributed by atoms with Crippen molar-refractivity contribution in [1.82, 2.24) is 0 Å². The number of rotatable bonds is 6. The van der Waals surface area contributed by atoms with Gasteiger partial charge in [-0.25, -0.2) is 9.18 Å². The van der Waals surface area contributed by atoms with Crippen molar-refractivity contribution >= 4 is 11.7 Å². The van der Waals surface area contributed by atoms with Crippen molar-refractivity contribution in [2.45, 2.75) is 13.3 Å². The maximum Gasteiger partial charge on any atom is 0.340 e. The van der Waals surface area contributed by atoms with E-state index < -0.39 is 11.8 Å². The molecule has 0 aliphatic rings. The Bertz CT molecular complexity index is 395. The van der Waals surface area contributed by atoms with E-state index in [4.69, 9.17) is 10.2 Å². The monoisotopic (exact) mass is 241 g/mol. The number of benzene rings is 1. The van der Waals surface area contributed by atoms with Crippen molar-refractivity contribution in [2.75, 3.05) is 18.5 Å². The fraction of sp³-hybridized carbons (Fsp3) is 0.417. The summed E-state index contributed by atoms with van der Waals surface area (Å²) in [5.41, 5.74) is -0.0778. The Hall–Kier alpha value is -1.62. The van der Waals surface area contributed by atoms with Crippen LogP contribution in [0.15, 0.2) is 18.2 Å². The van der Waals surface area contributed by atoms with Gasteiger partial charge in [0.2, 0.25) is 0 Å². The molecular formula is C12H16FNO3. The zero-order valence-corrected chi connectivity index (χ0v) is 9.61. The highest BCUT2D eigenvalue weighted by atomic mass is 19.1. The van der Waals surface area contributed by atoms with Crippen molar-refractivity contribution in [2.24, 2.45) is 5.92 Å². The number of nitrogens with one attached hydrogen (secondary N) is 1. The van der Waals surface area contributed by atoms with Crippen LogP contribution in [0.5, 0.6) is 0 Å². The summed E-state index contributed by atoms with van der Waals surface area (Å²) in [6.07, 6.45) is 0.616. The second-order valence-corrected chi connectivity index (χ2v) is 3.97. The number of carbonyl (C=O) groups is 1. The van der Waals surface area contributed by atoms with Crippen molar-refractivity contribution in [3.63, 3.8) is 0 Å². The number of aromatic carboxylic acids is 1. The first-order valence-corrected chi connectivity index (χ1v) is 5.42. The molecule has 1 aromatic rings. The van der Waals surface area contributed by atoms with E-state index in [2.05, 4.69) is 5.32 Å². The normalized spacial score (nSPS) is 12.2. The fourth-order valence-corrected chi connectivity index (χ4v) is 1.50. The van der Waals surface area contributed by atoms with Crippen LogP contribution in [0.1, 0.15) is 23.7 Å². The quantitative estimate of drug-likeness (QED) is 0.712. The first-order chi connectivity index (χ1) is 8.06. The number of carboxylic acids is 1. The molecule has 1 rings (SSSR count). The predicted octanol–water partition coefficient (Wildman–Crippen LogP) is 1.95. The molecule has 0 aromatic heterocycles. The molecule has 94 valence electrons. The van der Waals surface area contributed by atoms with Gasteiger partial charge >= 0.3 is 5.97 Å². The molecule has 1 unspecified atom stereocenters. The number of halogens is 1. The van der Waals surface area contributed by atoms with Crippen LogP contribution in [-0.2, 0) is 0 Å². The van der Waals surface area contributed by atoms with Crippen LogP contribution in [0.3, 0.4) is 0 Å². The number of hydrogen-bond acceptors (Lipinski definition) is 3. The molecule has 0 bridgehead atoms. The van der Waals surface area contributed by atoms with Crippen molar-refractivity contribution in [1.29, 1.82) is 0 Å². The van der Waals surface area contributed by atoms with Gasteiger partial charge in [0.05, 0.1) is 5.69 Å². The lowest BCUT2D eigenvalue weighted by Crippen LogP contribution is -2.15. The Morgan fingerprint density at radius 2 is 2.24 bits per heavy atom. The summed E-state index contributed by atoms with van der Waals surface area (Å²) >= 11 is 0. The second kappa shape index (κ2) is 6.20. The van der Waals surface area contributed by atoms with Gasteiger partial charge in [0.25, 0.3) is 0 Å². The molecule has 0 saturated heterocycles. The minimum Gasteiger partial charge on any atom is -0.478 e. The van der Waals surface area contributed by atoms with E-state index >= 15 is 0 Å². The Kier molecular flexibility index (Phi) is 4.90. The van der Waals surface area contributed by atoms with E-state index in [1.54, 1.807) is 0 Å². The first kappa shape index (κ1) is 13.4. The SMILES string of the molecule is CC(CCO)CNc1cccc(F)c1C(=O)O. The van der Waals surface area contributed by atoms with Crippen LogP contribution >= 0.6 is 0 Å². The molecule has 0 amide bonds. The third-order valence-corrected chi connectivity index (χ3v) is 2.49. The molecule has 0 heterocycles. The smallest absolute Gasteiger partial charge is 0.340 e. The summed E-state index contributed by atoms with van der Waals surface area (Å²) in [5.74, 6) is -1.86. The molecule has 17 heavy (non-hydrogen) atoms. The minimum absolute atomic E-state index is 0.0811. The molecular weight excluding hydrogens is 225 g/mol. The van der Waals surface area contributed by atoms with E-state index in [0.29, 0.717) is 13.0 Å². The summed E-state index contributed by atoms with van der Waals surface area (Å²) in [6, 6.07) is 4.10. The number of aliphatic hydroxyl groups is 1. The van der Waals surface area contributed by atoms with Gasteiger partial charge in [-0.1, -0.05) is 13.0 Å². The van der Waals surface area contributed by atoms with Gasteiger partial charge in [0.15, 0.2) is 0 Å². The predicted molar refractivity (Wildman–Crippen MR) is 62.7 cm³/mol. The van der Waals surface area contributed by atoms with Crippen LogP contribution in [0.2, 0.25) is 0 Å². The fourth-order valence-electron chi connectivity index (χ4n) is 1.50. The lowest BCUT2D eigenvalue weighted by Gasteiger charge is -2.14. The molecule has 1 atom stereocenters. The topological polar surface area (TPSA) is 69.6 Å². The van der Waals surface area contributed by atoms with E-state index in [1.807, 2.05) is 6.92 Å². The van der Waals surface area contributed by atoms with E-state index in [9.17, 15) is 9.18 Å². The molecule has 0 radical (unpaired) electrons. The molecule has 5 heteroatoms. The first-order valence-electron chi connectivity index (χ1n) is 5.42. The molecule has 1 aromatic carbocycles. The lowest BCUT2D eigenvalue weighted by atomic mass is 10.1. The largest absolute Gasteiger partial charge is 0.478 e. The van der Waals surface area contributed by atoms with E-state index in [1.165, 1.54) is 12.1 Å². The lowest BCUT2D eigenvalue weighted by molar-refractivity contribution is 0.0693. The summed E-state index contributed by atoms with van der Waals surface area (Å²) < 4.78 is 13.3. The zero-order chi connectivity index (χ0) is 12.8. The molecule has 0 aliphatic heterocycles. The zero-order valence-electron chi connectivity index (χ0n) is 9.61. The van der Waals surface area contributed by atoms with Crippen LogP contribution in [-0.4, -0.2) is 29.3 Å². The summed E-state index contributed by atoms with van der Waals surface area (Å²) in [4.78, 5) is 10.9. The molecule has 3 N–H and O–H groups in total. The number of carboxylic acid groups (broad SMARTS) is 1. The highest BCUT2D eigenvalue weighted by Gasteiger charge is 2.15. The van der Waals surface area contributed by atoms with Gasteiger partial charge < -0.3 is 15.5 Å². The van der Waals surface area contributed by atoms with Crippen LogP contribution < -0.4 is 5.32 Å². The van der Waals surface area contributed by atoms with Crippen LogP contribution in [0, 0.1) is 11.7 Å². The average Bonchev–Trinajstić information content (AvgIpc) is 2.26. The number of aliphatic hydroxyl groups excluding tert-OH is 1. The number of anilines is 1. The van der Waals surface area contributed by atoms with Gasteiger partial charge in [0.1, 0.15) is 11.4 Å². The van der Waals surface area contributed by atoms with Gasteiger partial charge in [-0.2, -0.15) is 0 Å². The Balaban J connectivity index is 2.77. The highest BCUT2D eigenvalue weighted by Crippen LogP contribution is 2.19. The van der Waals surface area contributed by atoms with Gasteiger partial charge in [-0.3, -0.25) is 0 Å². The maximum atomic E-state index is 13.3. The minimum atomic E-state index is -1.29. The molecule has 0 fully saturated rings. The third-order valence-electron chi connectivity index (χ3n) is 2.49. The Labute approximate surface area is 99.1 Å². The van der Waals surface area contributed by atoms with Crippen molar-refractivity contribution < 1.29 is 19.4 Å². The molecule has 0 spiro atoms. The van der Waals surface area contributed by atoms with Gasteiger partial charge in [0, 0.05) is 13.2 Å². The third kappa shape index (κ3) is 3.71. The second-order valence-electron chi connectivity index (χ2n) is 3.97.